The molecule has 0 spiro atoms. The zero-order valence-corrected chi connectivity index (χ0v) is 19.1. The van der Waals surface area contributed by atoms with E-state index in [9.17, 15) is 0 Å². The summed E-state index contributed by atoms with van der Waals surface area (Å²) in [6.07, 6.45) is 5.58. The Labute approximate surface area is 197 Å². The van der Waals surface area contributed by atoms with Crippen LogP contribution in [0.2, 0.25) is 0 Å². The molecule has 34 heavy (non-hydrogen) atoms. The average molecular weight is 454 g/mol. The van der Waals surface area contributed by atoms with Gasteiger partial charge in [-0.2, -0.15) is 0 Å². The number of rotatable bonds is 1. The van der Waals surface area contributed by atoms with Crippen molar-refractivity contribution in [2.75, 3.05) is 0 Å². The number of pyridine rings is 2. The van der Waals surface area contributed by atoms with Crippen molar-refractivity contribution >= 4 is 44.7 Å². The van der Waals surface area contributed by atoms with Gasteiger partial charge in [-0.1, -0.05) is 84.9 Å². The minimum absolute atomic E-state index is 0.839. The smallest absolute Gasteiger partial charge is 0.172 e. The average Bonchev–Trinajstić information content (AvgIpc) is 3.02. The Kier molecular flexibility index (Phi) is 4.12. The molecule has 0 saturated heterocycles. The summed E-state index contributed by atoms with van der Waals surface area (Å²) < 4.78 is 15.4. The third kappa shape index (κ3) is 2.50. The minimum Gasteiger partial charge on any atom is -0.309 e. The molecule has 4 aromatic carbocycles. The first-order valence-corrected chi connectivity index (χ1v) is 13.0. The van der Waals surface area contributed by atoms with E-state index in [0.29, 0.717) is 0 Å². The summed E-state index contributed by atoms with van der Waals surface area (Å²) in [5, 5.41) is 5.75. The maximum atomic E-state index is 15.4. The largest absolute Gasteiger partial charge is 0.309 e. The van der Waals surface area contributed by atoms with Gasteiger partial charge in [-0.25, -0.2) is 0 Å². The van der Waals surface area contributed by atoms with Gasteiger partial charge in [0.2, 0.25) is 0 Å². The molecule has 0 amide bonds. The van der Waals surface area contributed by atoms with Crippen molar-refractivity contribution in [3.8, 4) is 22.3 Å². The highest BCUT2D eigenvalue weighted by atomic mass is 31.2. The molecule has 2 aromatic heterocycles. The van der Waals surface area contributed by atoms with Gasteiger partial charge in [0.1, 0.15) is 0 Å². The summed E-state index contributed by atoms with van der Waals surface area (Å²) >= 11 is 0. The number of hydrogen-bond acceptors (Lipinski definition) is 3. The lowest BCUT2D eigenvalue weighted by atomic mass is 9.87. The molecule has 0 N–H and O–H groups in total. The van der Waals surface area contributed by atoms with Crippen LogP contribution in [0.3, 0.4) is 0 Å². The van der Waals surface area contributed by atoms with E-state index in [0.717, 1.165) is 59.8 Å². The van der Waals surface area contributed by atoms with Crippen LogP contribution >= 0.6 is 7.14 Å². The number of fused-ring (bicyclic) bond motifs is 10. The second kappa shape index (κ2) is 7.21. The predicted molar refractivity (Wildman–Crippen MR) is 141 cm³/mol. The van der Waals surface area contributed by atoms with E-state index in [1.807, 2.05) is 91.4 Å². The summed E-state index contributed by atoms with van der Waals surface area (Å²) in [6.45, 7) is 0. The highest BCUT2D eigenvalue weighted by Gasteiger charge is 2.38. The fourth-order valence-corrected chi connectivity index (χ4v) is 8.46. The summed E-state index contributed by atoms with van der Waals surface area (Å²) in [6, 6.07) is 32.3. The molecular weight excluding hydrogens is 435 g/mol. The Bertz CT molecular complexity index is 1680. The van der Waals surface area contributed by atoms with Gasteiger partial charge in [0.15, 0.2) is 7.14 Å². The van der Waals surface area contributed by atoms with Gasteiger partial charge < -0.3 is 4.57 Å². The van der Waals surface area contributed by atoms with Crippen LogP contribution in [0.4, 0.5) is 0 Å². The zero-order chi connectivity index (χ0) is 22.7. The molecule has 0 saturated carbocycles. The standard InChI is InChI=1S/C30H19N2OP/c33-34(20-9-2-1-3-10-20)26-14-6-4-11-23(26)28-21-16-18-31-19-25(21)22-13-8-17-32-30(22)29(28)24-12-5-7-15-27(24)34/h1-19H. The second-order valence-corrected chi connectivity index (χ2v) is 11.2. The first-order chi connectivity index (χ1) is 16.8. The molecular formula is C30H19N2OP. The third-order valence-corrected chi connectivity index (χ3v) is 9.98. The summed E-state index contributed by atoms with van der Waals surface area (Å²) in [5.41, 5.74) is 4.97. The van der Waals surface area contributed by atoms with Gasteiger partial charge in [-0.3, -0.25) is 9.97 Å². The lowest BCUT2D eigenvalue weighted by Gasteiger charge is -2.22. The van der Waals surface area contributed by atoms with E-state index in [4.69, 9.17) is 4.98 Å². The molecule has 1 atom stereocenters. The fourth-order valence-electron chi connectivity index (χ4n) is 5.41. The number of nitrogens with zero attached hydrogens (tertiary/aromatic N) is 2. The molecule has 0 fully saturated rings. The van der Waals surface area contributed by atoms with Crippen molar-refractivity contribution in [3.63, 3.8) is 0 Å². The van der Waals surface area contributed by atoms with Gasteiger partial charge in [-0.05, 0) is 28.6 Å². The van der Waals surface area contributed by atoms with Crippen LogP contribution in [0, 0.1) is 0 Å². The first-order valence-electron chi connectivity index (χ1n) is 11.3. The van der Waals surface area contributed by atoms with Crippen molar-refractivity contribution in [2.24, 2.45) is 0 Å². The minimum atomic E-state index is -3.17. The van der Waals surface area contributed by atoms with Crippen LogP contribution in [-0.2, 0) is 4.57 Å². The maximum absolute atomic E-state index is 15.4. The van der Waals surface area contributed by atoms with Gasteiger partial charge in [-0.15, -0.1) is 0 Å². The van der Waals surface area contributed by atoms with Gasteiger partial charge >= 0.3 is 0 Å². The Hall–Kier alpha value is -4.07. The van der Waals surface area contributed by atoms with E-state index in [2.05, 4.69) is 29.2 Å². The Morgan fingerprint density at radius 2 is 1.24 bits per heavy atom. The Morgan fingerprint density at radius 1 is 0.559 bits per heavy atom. The molecule has 160 valence electrons. The summed E-state index contributed by atoms with van der Waals surface area (Å²) in [5.74, 6) is 0. The van der Waals surface area contributed by atoms with Crippen LogP contribution in [0.1, 0.15) is 0 Å². The molecule has 3 heterocycles. The maximum Gasteiger partial charge on any atom is 0.172 e. The number of hydrogen-bond donors (Lipinski definition) is 0. The van der Waals surface area contributed by atoms with Crippen LogP contribution in [0.25, 0.3) is 43.9 Å². The lowest BCUT2D eigenvalue weighted by Crippen LogP contribution is -2.26. The molecule has 4 heteroatoms. The van der Waals surface area contributed by atoms with E-state index >= 15 is 4.57 Å². The molecule has 0 aliphatic carbocycles. The van der Waals surface area contributed by atoms with E-state index in [1.165, 1.54) is 0 Å². The van der Waals surface area contributed by atoms with Crippen LogP contribution < -0.4 is 15.9 Å². The monoisotopic (exact) mass is 454 g/mol. The topological polar surface area (TPSA) is 42.9 Å². The number of aromatic nitrogens is 2. The predicted octanol–water partition coefficient (Wildman–Crippen LogP) is 6.07. The highest BCUT2D eigenvalue weighted by Crippen LogP contribution is 2.54. The van der Waals surface area contributed by atoms with Crippen molar-refractivity contribution in [1.82, 2.24) is 9.97 Å². The normalized spacial score (nSPS) is 16.5. The molecule has 7 rings (SSSR count). The molecule has 1 aliphatic heterocycles. The highest BCUT2D eigenvalue weighted by molar-refractivity contribution is 7.85. The van der Waals surface area contributed by atoms with Gasteiger partial charge in [0, 0.05) is 56.4 Å². The van der Waals surface area contributed by atoms with Crippen LogP contribution in [0.5, 0.6) is 0 Å². The van der Waals surface area contributed by atoms with Gasteiger partial charge in [0.25, 0.3) is 0 Å². The van der Waals surface area contributed by atoms with E-state index in [1.54, 1.807) is 0 Å². The van der Waals surface area contributed by atoms with E-state index in [-0.39, 0.29) is 0 Å². The van der Waals surface area contributed by atoms with Crippen molar-refractivity contribution < 1.29 is 4.57 Å². The lowest BCUT2D eigenvalue weighted by molar-refractivity contribution is 0.592. The SMILES string of the molecule is O=P1(c2ccccc2)c2ccccc2-c2c(c3ncccc3c3cnccc23)-c2ccccc21. The second-order valence-electron chi connectivity index (χ2n) is 8.55. The van der Waals surface area contributed by atoms with Crippen LogP contribution in [-0.4, -0.2) is 9.97 Å². The van der Waals surface area contributed by atoms with Crippen molar-refractivity contribution in [3.05, 3.63) is 116 Å². The third-order valence-electron chi connectivity index (χ3n) is 6.82. The molecule has 0 radical (unpaired) electrons. The molecule has 1 aliphatic rings. The van der Waals surface area contributed by atoms with Gasteiger partial charge in [0.05, 0.1) is 5.52 Å². The van der Waals surface area contributed by atoms with Crippen LogP contribution in [0.15, 0.2) is 116 Å². The fraction of sp³-hybridized carbons (Fsp3) is 0. The van der Waals surface area contributed by atoms with E-state index < -0.39 is 7.14 Å². The summed E-state index contributed by atoms with van der Waals surface area (Å²) in [4.78, 5) is 9.29. The number of benzene rings is 4. The first kappa shape index (κ1) is 19.4. The van der Waals surface area contributed by atoms with Crippen molar-refractivity contribution in [2.45, 2.75) is 0 Å². The quantitative estimate of drug-likeness (QED) is 0.223. The zero-order valence-electron chi connectivity index (χ0n) is 18.2. The molecule has 0 bridgehead atoms. The molecule has 1 unspecified atom stereocenters. The Morgan fingerprint density at radius 3 is 2.00 bits per heavy atom. The summed E-state index contributed by atoms with van der Waals surface area (Å²) in [7, 11) is -3.17. The molecule has 3 nitrogen and oxygen atoms in total. The Balaban J connectivity index is 1.80. The molecule has 6 aromatic rings. The van der Waals surface area contributed by atoms with Crippen molar-refractivity contribution in [1.29, 1.82) is 0 Å².